The van der Waals surface area contributed by atoms with E-state index in [0.29, 0.717) is 17.4 Å². The third-order valence-electron chi connectivity index (χ3n) is 4.02. The molecule has 0 radical (unpaired) electrons. The molecular weight excluding hydrogens is 281 g/mol. The number of hydrogen-bond donors (Lipinski definition) is 2. The first kappa shape index (κ1) is 14.0. The molecule has 1 aromatic rings. The Labute approximate surface area is 118 Å². The fourth-order valence-electron chi connectivity index (χ4n) is 2.58. The van der Waals surface area contributed by atoms with Crippen LogP contribution in [0.1, 0.15) is 31.2 Å². The minimum Gasteiger partial charge on any atom is -0.392 e. The first-order chi connectivity index (χ1) is 9.51. The molecule has 0 atom stereocenters. The molecule has 3 rings (SSSR count). The molecule has 110 valence electrons. The number of sulfonamides is 1. The molecule has 2 saturated carbocycles. The van der Waals surface area contributed by atoms with E-state index in [2.05, 4.69) is 4.72 Å². The molecule has 0 aromatic heterocycles. The lowest BCUT2D eigenvalue weighted by atomic mass is 10.1. The third-order valence-corrected chi connectivity index (χ3v) is 5.49. The monoisotopic (exact) mass is 299 g/mol. The number of aliphatic hydroxyl groups is 1. The van der Waals surface area contributed by atoms with E-state index in [1.54, 1.807) is 0 Å². The normalized spacial score (nSPS) is 19.6. The first-order valence-electron chi connectivity index (χ1n) is 6.93. The summed E-state index contributed by atoms with van der Waals surface area (Å²) in [6.45, 7) is -0.308. The minimum absolute atomic E-state index is 0.0582. The lowest BCUT2D eigenvalue weighted by molar-refractivity contribution is 0.281. The van der Waals surface area contributed by atoms with Gasteiger partial charge in [-0.05, 0) is 55.2 Å². The van der Waals surface area contributed by atoms with E-state index in [0.717, 1.165) is 31.7 Å². The highest BCUT2D eigenvalue weighted by atomic mass is 32.2. The second kappa shape index (κ2) is 5.09. The largest absolute Gasteiger partial charge is 0.392 e. The molecule has 0 unspecified atom stereocenters. The summed E-state index contributed by atoms with van der Waals surface area (Å²) >= 11 is 0. The number of benzene rings is 1. The summed E-state index contributed by atoms with van der Waals surface area (Å²) in [6, 6.07) is 3.61. The van der Waals surface area contributed by atoms with E-state index in [1.165, 1.54) is 12.1 Å². The SMILES string of the molecule is O=S(=O)(NC(C1CC1)C1CC1)c1cc(CO)ccc1F. The standard InChI is InChI=1S/C14H18FNO3S/c15-12-6-1-9(8-17)7-13(12)20(18,19)16-14(10-2-3-10)11-4-5-11/h1,6-7,10-11,14,16-17H,2-5,8H2. The molecule has 2 fully saturated rings. The van der Waals surface area contributed by atoms with Gasteiger partial charge in [0.2, 0.25) is 10.0 Å². The zero-order valence-electron chi connectivity index (χ0n) is 11.0. The topological polar surface area (TPSA) is 66.4 Å². The highest BCUT2D eigenvalue weighted by Gasteiger charge is 2.43. The Morgan fingerprint density at radius 2 is 1.85 bits per heavy atom. The number of halogens is 1. The molecule has 2 N–H and O–H groups in total. The van der Waals surface area contributed by atoms with Crippen LogP contribution in [0, 0.1) is 17.7 Å². The lowest BCUT2D eigenvalue weighted by Crippen LogP contribution is -2.38. The Bertz CT molecular complexity index is 597. The van der Waals surface area contributed by atoms with Gasteiger partial charge in [0.05, 0.1) is 6.61 Å². The Morgan fingerprint density at radius 3 is 2.35 bits per heavy atom. The second-order valence-electron chi connectivity index (χ2n) is 5.74. The molecule has 0 saturated heterocycles. The Morgan fingerprint density at radius 1 is 1.25 bits per heavy atom. The summed E-state index contributed by atoms with van der Waals surface area (Å²) in [5, 5.41) is 9.06. The fourth-order valence-corrected chi connectivity index (χ4v) is 4.08. The van der Waals surface area contributed by atoms with Crippen LogP contribution in [0.2, 0.25) is 0 Å². The van der Waals surface area contributed by atoms with Crippen molar-refractivity contribution in [2.75, 3.05) is 0 Å². The highest BCUT2D eigenvalue weighted by Crippen LogP contribution is 2.45. The van der Waals surface area contributed by atoms with Crippen molar-refractivity contribution < 1.29 is 17.9 Å². The van der Waals surface area contributed by atoms with Crippen molar-refractivity contribution in [3.63, 3.8) is 0 Å². The van der Waals surface area contributed by atoms with Gasteiger partial charge in [-0.1, -0.05) is 6.07 Å². The van der Waals surface area contributed by atoms with Crippen LogP contribution >= 0.6 is 0 Å². The van der Waals surface area contributed by atoms with E-state index in [4.69, 9.17) is 5.11 Å². The molecule has 0 heterocycles. The van der Waals surface area contributed by atoms with Crippen LogP contribution in [0.3, 0.4) is 0 Å². The van der Waals surface area contributed by atoms with E-state index in [1.807, 2.05) is 0 Å². The van der Waals surface area contributed by atoms with Crippen molar-refractivity contribution in [3.05, 3.63) is 29.6 Å². The van der Waals surface area contributed by atoms with Crippen molar-refractivity contribution in [2.45, 2.75) is 43.2 Å². The molecule has 0 spiro atoms. The molecule has 0 aliphatic heterocycles. The van der Waals surface area contributed by atoms with Crippen LogP contribution in [-0.4, -0.2) is 19.6 Å². The van der Waals surface area contributed by atoms with Crippen LogP contribution in [0.15, 0.2) is 23.1 Å². The van der Waals surface area contributed by atoms with Gasteiger partial charge in [-0.2, -0.15) is 0 Å². The summed E-state index contributed by atoms with van der Waals surface area (Å²) in [5.74, 6) is 0.0303. The maximum atomic E-state index is 13.8. The van der Waals surface area contributed by atoms with Crippen LogP contribution < -0.4 is 4.72 Å². The maximum absolute atomic E-state index is 13.8. The summed E-state index contributed by atoms with van der Waals surface area (Å²) < 4.78 is 41.2. The van der Waals surface area contributed by atoms with E-state index in [-0.39, 0.29) is 17.5 Å². The van der Waals surface area contributed by atoms with Gasteiger partial charge in [0.25, 0.3) is 0 Å². The van der Waals surface area contributed by atoms with Gasteiger partial charge in [0.1, 0.15) is 10.7 Å². The Kier molecular flexibility index (Phi) is 3.56. The summed E-state index contributed by atoms with van der Waals surface area (Å²) in [5.41, 5.74) is 0.390. The number of aliphatic hydroxyl groups excluding tert-OH is 1. The summed E-state index contributed by atoms with van der Waals surface area (Å²) in [4.78, 5) is -0.365. The predicted molar refractivity (Wildman–Crippen MR) is 71.9 cm³/mol. The predicted octanol–water partition coefficient (Wildman–Crippen LogP) is 1.78. The molecule has 1 aromatic carbocycles. The van der Waals surface area contributed by atoms with Crippen molar-refractivity contribution in [1.29, 1.82) is 0 Å². The average Bonchev–Trinajstić information content (AvgIpc) is 3.29. The van der Waals surface area contributed by atoms with E-state index >= 15 is 0 Å². The van der Waals surface area contributed by atoms with Crippen molar-refractivity contribution in [1.82, 2.24) is 4.72 Å². The third kappa shape index (κ3) is 2.87. The van der Waals surface area contributed by atoms with Crippen LogP contribution in [0.4, 0.5) is 4.39 Å². The van der Waals surface area contributed by atoms with Gasteiger partial charge in [0, 0.05) is 6.04 Å². The van der Waals surface area contributed by atoms with Gasteiger partial charge < -0.3 is 5.11 Å². The highest BCUT2D eigenvalue weighted by molar-refractivity contribution is 7.89. The van der Waals surface area contributed by atoms with E-state index < -0.39 is 15.8 Å². The van der Waals surface area contributed by atoms with Gasteiger partial charge >= 0.3 is 0 Å². The fraction of sp³-hybridized carbons (Fsp3) is 0.571. The second-order valence-corrected chi connectivity index (χ2v) is 7.43. The molecule has 20 heavy (non-hydrogen) atoms. The minimum atomic E-state index is -3.87. The maximum Gasteiger partial charge on any atom is 0.243 e. The van der Waals surface area contributed by atoms with Gasteiger partial charge in [-0.25, -0.2) is 17.5 Å². The Hall–Kier alpha value is -0.980. The zero-order valence-corrected chi connectivity index (χ0v) is 11.9. The smallest absolute Gasteiger partial charge is 0.243 e. The molecule has 6 heteroatoms. The zero-order chi connectivity index (χ0) is 14.3. The van der Waals surface area contributed by atoms with Crippen molar-refractivity contribution >= 4 is 10.0 Å². The van der Waals surface area contributed by atoms with Crippen LogP contribution in [0.5, 0.6) is 0 Å². The molecular formula is C14H18FNO3S. The number of hydrogen-bond acceptors (Lipinski definition) is 3. The average molecular weight is 299 g/mol. The van der Waals surface area contributed by atoms with Gasteiger partial charge in [-0.3, -0.25) is 0 Å². The van der Waals surface area contributed by atoms with Crippen molar-refractivity contribution in [2.24, 2.45) is 11.8 Å². The Balaban J connectivity index is 1.86. The molecule has 2 aliphatic rings. The molecule has 2 aliphatic carbocycles. The summed E-state index contributed by atoms with van der Waals surface area (Å²) in [7, 11) is -3.87. The van der Waals surface area contributed by atoms with Crippen LogP contribution in [-0.2, 0) is 16.6 Å². The van der Waals surface area contributed by atoms with Crippen molar-refractivity contribution in [3.8, 4) is 0 Å². The number of rotatable bonds is 6. The molecule has 0 amide bonds. The molecule has 4 nitrogen and oxygen atoms in total. The van der Waals surface area contributed by atoms with Gasteiger partial charge in [-0.15, -0.1) is 0 Å². The van der Waals surface area contributed by atoms with Crippen LogP contribution in [0.25, 0.3) is 0 Å². The number of nitrogens with one attached hydrogen (secondary N) is 1. The lowest BCUT2D eigenvalue weighted by Gasteiger charge is -2.18. The quantitative estimate of drug-likeness (QED) is 0.841. The summed E-state index contributed by atoms with van der Waals surface area (Å²) in [6.07, 6.45) is 4.18. The van der Waals surface area contributed by atoms with Gasteiger partial charge in [0.15, 0.2) is 0 Å². The molecule has 0 bridgehead atoms. The first-order valence-corrected chi connectivity index (χ1v) is 8.41. The van der Waals surface area contributed by atoms with E-state index in [9.17, 15) is 12.8 Å².